The Labute approximate surface area is 98.8 Å². The fourth-order valence-electron chi connectivity index (χ4n) is 1.41. The molecule has 2 aromatic rings. The molecule has 2 aromatic heterocycles. The van der Waals surface area contributed by atoms with Gasteiger partial charge in [0.05, 0.1) is 6.20 Å². The van der Waals surface area contributed by atoms with Gasteiger partial charge in [0, 0.05) is 6.54 Å². The minimum absolute atomic E-state index is 0.227. The van der Waals surface area contributed by atoms with E-state index in [1.807, 2.05) is 0 Å². The van der Waals surface area contributed by atoms with Crippen LogP contribution in [0.4, 0.5) is 5.82 Å². The Morgan fingerprint density at radius 3 is 2.94 bits per heavy atom. The second-order valence-electron chi connectivity index (χ2n) is 4.29. The molecule has 0 aromatic carbocycles. The van der Waals surface area contributed by atoms with Crippen molar-refractivity contribution < 1.29 is 4.79 Å². The van der Waals surface area contributed by atoms with Crippen LogP contribution in [0.1, 0.15) is 24.3 Å². The fraction of sp³-hybridized carbons (Fsp3) is 0.364. The Morgan fingerprint density at radius 1 is 1.53 bits per heavy atom. The molecule has 2 heterocycles. The first kappa shape index (κ1) is 11.4. The van der Waals surface area contributed by atoms with Gasteiger partial charge in [0.15, 0.2) is 5.65 Å². The largest absolute Gasteiger partial charge is 0.368 e. The first-order valence-corrected chi connectivity index (χ1v) is 5.46. The molecule has 1 amide bonds. The Morgan fingerprint density at radius 2 is 2.29 bits per heavy atom. The summed E-state index contributed by atoms with van der Waals surface area (Å²) < 4.78 is 1.54. The van der Waals surface area contributed by atoms with Gasteiger partial charge in [-0.2, -0.15) is 5.10 Å². The van der Waals surface area contributed by atoms with Gasteiger partial charge in [0.2, 0.25) is 0 Å². The van der Waals surface area contributed by atoms with Gasteiger partial charge in [0.1, 0.15) is 11.5 Å². The van der Waals surface area contributed by atoms with Crippen LogP contribution >= 0.6 is 0 Å². The van der Waals surface area contributed by atoms with Crippen LogP contribution in [0.2, 0.25) is 0 Å². The summed E-state index contributed by atoms with van der Waals surface area (Å²) in [6.07, 6.45) is 1.74. The summed E-state index contributed by atoms with van der Waals surface area (Å²) in [7, 11) is 0. The molecule has 0 aliphatic carbocycles. The molecule has 0 unspecified atom stereocenters. The van der Waals surface area contributed by atoms with Crippen LogP contribution in [0.25, 0.3) is 5.65 Å². The molecule has 17 heavy (non-hydrogen) atoms. The SMILES string of the molecule is CC(C)CNc1cn2nc(C(N)=O)ccc2n1. The predicted octanol–water partition coefficient (Wildman–Crippen LogP) is 0.896. The van der Waals surface area contributed by atoms with E-state index in [-0.39, 0.29) is 5.69 Å². The molecule has 0 saturated carbocycles. The van der Waals surface area contributed by atoms with Gasteiger partial charge in [-0.05, 0) is 18.1 Å². The van der Waals surface area contributed by atoms with Crippen molar-refractivity contribution in [3.63, 3.8) is 0 Å². The minimum Gasteiger partial charge on any atom is -0.368 e. The lowest BCUT2D eigenvalue weighted by Crippen LogP contribution is -2.14. The lowest BCUT2D eigenvalue weighted by molar-refractivity contribution is 0.0994. The molecule has 6 heteroatoms. The lowest BCUT2D eigenvalue weighted by atomic mass is 10.2. The zero-order chi connectivity index (χ0) is 12.4. The number of nitrogens with two attached hydrogens (primary N) is 1. The monoisotopic (exact) mass is 233 g/mol. The van der Waals surface area contributed by atoms with Crippen molar-refractivity contribution in [2.24, 2.45) is 11.7 Å². The van der Waals surface area contributed by atoms with Gasteiger partial charge in [-0.1, -0.05) is 13.8 Å². The molecule has 0 spiro atoms. The number of imidazole rings is 1. The Hall–Kier alpha value is -2.11. The molecule has 0 bridgehead atoms. The van der Waals surface area contributed by atoms with Gasteiger partial charge >= 0.3 is 0 Å². The molecule has 0 saturated heterocycles. The molecule has 0 fully saturated rings. The van der Waals surface area contributed by atoms with Crippen molar-refractivity contribution in [1.82, 2.24) is 14.6 Å². The van der Waals surface area contributed by atoms with Crippen molar-refractivity contribution in [2.75, 3.05) is 11.9 Å². The quantitative estimate of drug-likeness (QED) is 0.821. The van der Waals surface area contributed by atoms with Crippen LogP contribution < -0.4 is 11.1 Å². The summed E-state index contributed by atoms with van der Waals surface area (Å²) in [6, 6.07) is 3.28. The highest BCUT2D eigenvalue weighted by atomic mass is 16.1. The maximum atomic E-state index is 11.0. The Bertz CT molecular complexity index is 546. The number of carbonyl (C=O) groups excluding carboxylic acids is 1. The van der Waals surface area contributed by atoms with Crippen LogP contribution in [0.15, 0.2) is 18.3 Å². The lowest BCUT2D eigenvalue weighted by Gasteiger charge is -2.04. The van der Waals surface area contributed by atoms with E-state index in [0.29, 0.717) is 11.6 Å². The van der Waals surface area contributed by atoms with Crippen molar-refractivity contribution >= 4 is 17.4 Å². The zero-order valence-corrected chi connectivity index (χ0v) is 9.84. The summed E-state index contributed by atoms with van der Waals surface area (Å²) >= 11 is 0. The molecule has 0 aliphatic heterocycles. The summed E-state index contributed by atoms with van der Waals surface area (Å²) in [6.45, 7) is 5.07. The third kappa shape index (κ3) is 2.52. The second-order valence-corrected chi connectivity index (χ2v) is 4.29. The second kappa shape index (κ2) is 4.40. The molecule has 2 rings (SSSR count). The number of primary amides is 1. The number of carbonyl (C=O) groups is 1. The molecule has 0 aliphatic rings. The fourth-order valence-corrected chi connectivity index (χ4v) is 1.41. The average molecular weight is 233 g/mol. The van der Waals surface area contributed by atoms with E-state index in [2.05, 4.69) is 29.2 Å². The maximum absolute atomic E-state index is 11.0. The standard InChI is InChI=1S/C11H15N5O/c1-7(2)5-13-9-6-16-10(14-9)4-3-8(15-16)11(12)17/h3-4,6-7,13H,5H2,1-2H3,(H2,12,17). The van der Waals surface area contributed by atoms with Crippen LogP contribution in [0.5, 0.6) is 0 Å². The zero-order valence-electron chi connectivity index (χ0n) is 9.84. The Kier molecular flexibility index (Phi) is 2.95. The van der Waals surface area contributed by atoms with Gasteiger partial charge in [-0.25, -0.2) is 9.50 Å². The van der Waals surface area contributed by atoms with E-state index >= 15 is 0 Å². The first-order chi connectivity index (χ1) is 8.06. The molecular weight excluding hydrogens is 218 g/mol. The molecule has 0 radical (unpaired) electrons. The third-order valence-corrected chi connectivity index (χ3v) is 2.26. The van der Waals surface area contributed by atoms with Gasteiger partial charge < -0.3 is 11.1 Å². The number of rotatable bonds is 4. The normalized spacial score (nSPS) is 11.0. The highest BCUT2D eigenvalue weighted by Crippen LogP contribution is 2.09. The third-order valence-electron chi connectivity index (χ3n) is 2.26. The molecule has 0 atom stereocenters. The number of anilines is 1. The number of hydrogen-bond acceptors (Lipinski definition) is 4. The summed E-state index contributed by atoms with van der Waals surface area (Å²) in [5.74, 6) is 0.735. The van der Waals surface area contributed by atoms with E-state index in [1.165, 1.54) is 0 Å². The van der Waals surface area contributed by atoms with Gasteiger partial charge in [0.25, 0.3) is 5.91 Å². The molecular formula is C11H15N5O. The number of hydrogen-bond donors (Lipinski definition) is 2. The molecule has 3 N–H and O–H groups in total. The topological polar surface area (TPSA) is 85.3 Å². The number of nitrogens with one attached hydrogen (secondary N) is 1. The number of nitrogens with zero attached hydrogens (tertiary/aromatic N) is 3. The minimum atomic E-state index is -0.544. The van der Waals surface area contributed by atoms with E-state index < -0.39 is 5.91 Å². The van der Waals surface area contributed by atoms with Crippen LogP contribution in [0, 0.1) is 5.92 Å². The van der Waals surface area contributed by atoms with Crippen molar-refractivity contribution in [1.29, 1.82) is 0 Å². The highest BCUT2D eigenvalue weighted by Gasteiger charge is 2.06. The summed E-state index contributed by atoms with van der Waals surface area (Å²) in [5.41, 5.74) is 6.07. The van der Waals surface area contributed by atoms with Crippen molar-refractivity contribution in [3.8, 4) is 0 Å². The molecule has 6 nitrogen and oxygen atoms in total. The number of fused-ring (bicyclic) bond motifs is 1. The van der Waals surface area contributed by atoms with Crippen LogP contribution in [-0.2, 0) is 0 Å². The highest BCUT2D eigenvalue weighted by molar-refractivity contribution is 5.90. The number of aromatic nitrogens is 3. The predicted molar refractivity (Wildman–Crippen MR) is 64.8 cm³/mol. The van der Waals surface area contributed by atoms with Gasteiger partial charge in [-0.3, -0.25) is 4.79 Å². The first-order valence-electron chi connectivity index (χ1n) is 5.46. The maximum Gasteiger partial charge on any atom is 0.269 e. The smallest absolute Gasteiger partial charge is 0.269 e. The van der Waals surface area contributed by atoms with E-state index in [4.69, 9.17) is 5.73 Å². The summed E-state index contributed by atoms with van der Waals surface area (Å²) in [5, 5.41) is 7.26. The van der Waals surface area contributed by atoms with E-state index in [1.54, 1.807) is 22.8 Å². The van der Waals surface area contributed by atoms with E-state index in [0.717, 1.165) is 12.4 Å². The Balaban J connectivity index is 2.27. The average Bonchev–Trinajstić information content (AvgIpc) is 2.67. The number of amides is 1. The van der Waals surface area contributed by atoms with Gasteiger partial charge in [-0.15, -0.1) is 0 Å². The van der Waals surface area contributed by atoms with Crippen LogP contribution in [-0.4, -0.2) is 27.0 Å². The van der Waals surface area contributed by atoms with Crippen LogP contribution in [0.3, 0.4) is 0 Å². The molecule has 90 valence electrons. The summed E-state index contributed by atoms with van der Waals surface area (Å²) in [4.78, 5) is 15.3. The van der Waals surface area contributed by atoms with E-state index in [9.17, 15) is 4.79 Å². The van der Waals surface area contributed by atoms with Crippen molar-refractivity contribution in [2.45, 2.75) is 13.8 Å². The van der Waals surface area contributed by atoms with Crippen molar-refractivity contribution in [3.05, 3.63) is 24.0 Å².